The summed E-state index contributed by atoms with van der Waals surface area (Å²) in [5.41, 5.74) is 6.01. The Morgan fingerprint density at radius 3 is 2.80 bits per heavy atom. The molecule has 25 heavy (non-hydrogen) atoms. The van der Waals surface area contributed by atoms with Crippen LogP contribution in [-0.2, 0) is 9.53 Å². The van der Waals surface area contributed by atoms with Crippen LogP contribution in [0.5, 0.6) is 5.75 Å². The van der Waals surface area contributed by atoms with Gasteiger partial charge >= 0.3 is 6.61 Å². The maximum absolute atomic E-state index is 12.5. The third-order valence-electron chi connectivity index (χ3n) is 3.94. The quantitative estimate of drug-likeness (QED) is 0.846. The number of nitrogens with zero attached hydrogens (tertiary/aromatic N) is 1. The van der Waals surface area contributed by atoms with Crippen LogP contribution in [0.25, 0.3) is 11.3 Å². The zero-order chi connectivity index (χ0) is 17.9. The van der Waals surface area contributed by atoms with Gasteiger partial charge in [-0.2, -0.15) is 8.78 Å². The maximum Gasteiger partial charge on any atom is 0.387 e. The second kappa shape index (κ2) is 7.42. The van der Waals surface area contributed by atoms with E-state index in [2.05, 4.69) is 15.0 Å². The molecule has 6 nitrogen and oxygen atoms in total. The molecule has 9 heteroatoms. The smallest absolute Gasteiger partial charge is 0.387 e. The Hall–Kier alpha value is -2.10. The van der Waals surface area contributed by atoms with Crippen LogP contribution < -0.4 is 15.8 Å². The van der Waals surface area contributed by atoms with Crippen molar-refractivity contribution < 1.29 is 23.0 Å². The number of ether oxygens (including phenoxy) is 2. The van der Waals surface area contributed by atoms with Gasteiger partial charge in [-0.1, -0.05) is 12.1 Å². The summed E-state index contributed by atoms with van der Waals surface area (Å²) < 4.78 is 34.8. The summed E-state index contributed by atoms with van der Waals surface area (Å²) in [4.78, 5) is 16.7. The van der Waals surface area contributed by atoms with Crippen LogP contribution in [0.15, 0.2) is 29.6 Å². The summed E-state index contributed by atoms with van der Waals surface area (Å²) in [5, 5.41) is 4.71. The van der Waals surface area contributed by atoms with Crippen molar-refractivity contribution in [3.63, 3.8) is 0 Å². The number of carbonyl (C=O) groups excluding carboxylic acids is 1. The van der Waals surface area contributed by atoms with E-state index in [-0.39, 0.29) is 11.7 Å². The number of anilines is 1. The van der Waals surface area contributed by atoms with Gasteiger partial charge in [-0.15, -0.1) is 11.3 Å². The zero-order valence-electron chi connectivity index (χ0n) is 13.2. The number of alkyl halides is 2. The van der Waals surface area contributed by atoms with E-state index in [0.29, 0.717) is 42.4 Å². The predicted octanol–water partition coefficient (Wildman–Crippen LogP) is 2.86. The molecule has 0 atom stereocenters. The fourth-order valence-electron chi connectivity index (χ4n) is 2.52. The summed E-state index contributed by atoms with van der Waals surface area (Å²) in [7, 11) is 0. The number of hydrogen-bond acceptors (Lipinski definition) is 6. The molecule has 3 N–H and O–H groups in total. The lowest BCUT2D eigenvalue weighted by molar-refractivity contribution is -0.124. The molecule has 0 aliphatic carbocycles. The van der Waals surface area contributed by atoms with Crippen molar-refractivity contribution in [3.8, 4) is 17.0 Å². The van der Waals surface area contributed by atoms with Gasteiger partial charge in [0.15, 0.2) is 5.13 Å². The normalized spacial score (nSPS) is 16.6. The molecule has 1 aliphatic rings. The lowest BCUT2D eigenvalue weighted by Crippen LogP contribution is -2.54. The Morgan fingerprint density at radius 1 is 1.36 bits per heavy atom. The minimum atomic E-state index is -2.93. The molecule has 1 aromatic carbocycles. The molecule has 0 saturated carbocycles. The Balaban J connectivity index is 1.76. The van der Waals surface area contributed by atoms with Crippen molar-refractivity contribution in [1.29, 1.82) is 0 Å². The van der Waals surface area contributed by atoms with Gasteiger partial charge < -0.3 is 20.5 Å². The number of benzene rings is 1. The third kappa shape index (κ3) is 4.12. The van der Waals surface area contributed by atoms with Crippen molar-refractivity contribution in [2.45, 2.75) is 25.0 Å². The van der Waals surface area contributed by atoms with Gasteiger partial charge in [-0.25, -0.2) is 4.98 Å². The Morgan fingerprint density at radius 2 is 2.08 bits per heavy atom. The van der Waals surface area contributed by atoms with Crippen molar-refractivity contribution in [2.75, 3.05) is 18.5 Å². The van der Waals surface area contributed by atoms with Gasteiger partial charge in [0.2, 0.25) is 5.91 Å². The summed E-state index contributed by atoms with van der Waals surface area (Å²) in [6, 6.07) is 6.36. The molecule has 0 radical (unpaired) electrons. The summed E-state index contributed by atoms with van der Waals surface area (Å²) >= 11 is 1.19. The van der Waals surface area contributed by atoms with E-state index >= 15 is 0 Å². The number of nitrogens with two attached hydrogens (primary N) is 1. The minimum absolute atomic E-state index is 0.0281. The second-order valence-corrected chi connectivity index (χ2v) is 6.49. The third-order valence-corrected chi connectivity index (χ3v) is 4.70. The highest BCUT2D eigenvalue weighted by Crippen LogP contribution is 2.33. The van der Waals surface area contributed by atoms with E-state index in [0.717, 1.165) is 0 Å². The highest BCUT2D eigenvalue weighted by molar-refractivity contribution is 7.14. The average molecular weight is 369 g/mol. The number of carbonyl (C=O) groups is 1. The molecule has 2 heterocycles. The van der Waals surface area contributed by atoms with E-state index in [4.69, 9.17) is 10.5 Å². The molecule has 0 spiro atoms. The first-order chi connectivity index (χ1) is 12.0. The van der Waals surface area contributed by atoms with E-state index in [1.807, 2.05) is 0 Å². The van der Waals surface area contributed by atoms with E-state index in [9.17, 15) is 13.6 Å². The molecular weight excluding hydrogens is 352 g/mol. The molecule has 1 aliphatic heterocycles. The molecule has 1 aromatic heterocycles. The highest BCUT2D eigenvalue weighted by Gasteiger charge is 2.36. The lowest BCUT2D eigenvalue weighted by Gasteiger charge is -2.31. The molecule has 1 amide bonds. The Bertz CT molecular complexity index is 748. The molecule has 0 unspecified atom stereocenters. The number of nitrogens with one attached hydrogen (secondary N) is 1. The molecule has 3 rings (SSSR count). The molecule has 1 fully saturated rings. The first kappa shape index (κ1) is 17.7. The first-order valence-corrected chi connectivity index (χ1v) is 8.54. The first-order valence-electron chi connectivity index (χ1n) is 7.66. The van der Waals surface area contributed by atoms with Crippen LogP contribution in [0.1, 0.15) is 12.8 Å². The van der Waals surface area contributed by atoms with Gasteiger partial charge in [0.1, 0.15) is 11.3 Å². The van der Waals surface area contributed by atoms with Crippen LogP contribution >= 0.6 is 11.3 Å². The van der Waals surface area contributed by atoms with Crippen molar-refractivity contribution in [1.82, 2.24) is 4.98 Å². The number of amides is 1. The van der Waals surface area contributed by atoms with Crippen LogP contribution in [0.2, 0.25) is 0 Å². The topological polar surface area (TPSA) is 86.5 Å². The van der Waals surface area contributed by atoms with E-state index in [1.165, 1.54) is 17.4 Å². The number of thiazole rings is 1. The highest BCUT2D eigenvalue weighted by atomic mass is 32.1. The van der Waals surface area contributed by atoms with Crippen LogP contribution in [0.3, 0.4) is 0 Å². The van der Waals surface area contributed by atoms with Crippen LogP contribution in [0, 0.1) is 0 Å². The van der Waals surface area contributed by atoms with Gasteiger partial charge in [-0.3, -0.25) is 4.79 Å². The fourth-order valence-corrected chi connectivity index (χ4v) is 3.22. The molecule has 134 valence electrons. The standard InChI is InChI=1S/C16H17F2N3O3S/c17-14(18)24-12-4-2-1-3-10(12)11-9-25-15(20-11)21-13(22)16(19)5-7-23-8-6-16/h1-4,9,14H,5-8,19H2,(H,20,21,22). The van der Waals surface area contributed by atoms with Gasteiger partial charge in [0.25, 0.3) is 0 Å². The van der Waals surface area contributed by atoms with E-state index in [1.54, 1.807) is 23.6 Å². The van der Waals surface area contributed by atoms with E-state index < -0.39 is 12.2 Å². The van der Waals surface area contributed by atoms with Crippen molar-refractivity contribution >= 4 is 22.4 Å². The fraction of sp³-hybridized carbons (Fsp3) is 0.375. The second-order valence-electron chi connectivity index (χ2n) is 5.64. The number of hydrogen-bond donors (Lipinski definition) is 2. The average Bonchev–Trinajstić information content (AvgIpc) is 3.04. The van der Waals surface area contributed by atoms with Gasteiger partial charge in [-0.05, 0) is 25.0 Å². The van der Waals surface area contributed by atoms with Gasteiger partial charge in [0.05, 0.1) is 5.69 Å². The SMILES string of the molecule is NC1(C(=O)Nc2nc(-c3ccccc3OC(F)F)cs2)CCOCC1. The molecular formula is C16H17F2N3O3S. The summed E-state index contributed by atoms with van der Waals surface area (Å²) in [6.07, 6.45) is 0.865. The molecule has 1 saturated heterocycles. The Kier molecular flexibility index (Phi) is 5.26. The Labute approximate surface area is 147 Å². The van der Waals surface area contributed by atoms with Crippen LogP contribution in [-0.4, -0.2) is 36.3 Å². The minimum Gasteiger partial charge on any atom is -0.434 e. The number of aromatic nitrogens is 1. The molecule has 0 bridgehead atoms. The van der Waals surface area contributed by atoms with Crippen LogP contribution in [0.4, 0.5) is 13.9 Å². The zero-order valence-corrected chi connectivity index (χ0v) is 14.0. The summed E-state index contributed by atoms with van der Waals surface area (Å²) in [5.74, 6) is -0.297. The maximum atomic E-state index is 12.5. The largest absolute Gasteiger partial charge is 0.434 e. The van der Waals surface area contributed by atoms with Crippen molar-refractivity contribution in [2.24, 2.45) is 5.73 Å². The number of rotatable bonds is 5. The van der Waals surface area contributed by atoms with Gasteiger partial charge in [0, 0.05) is 24.2 Å². The predicted molar refractivity (Wildman–Crippen MR) is 89.8 cm³/mol. The monoisotopic (exact) mass is 369 g/mol. The number of halogens is 2. The summed E-state index contributed by atoms with van der Waals surface area (Å²) in [6.45, 7) is -2.05. The number of para-hydroxylation sites is 1. The molecule has 2 aromatic rings. The lowest BCUT2D eigenvalue weighted by atomic mass is 9.90. The van der Waals surface area contributed by atoms with Crippen molar-refractivity contribution in [3.05, 3.63) is 29.6 Å².